The molecule has 0 saturated carbocycles. The smallest absolute Gasteiger partial charge is 0.261 e. The molecule has 3 aromatic carbocycles. The van der Waals surface area contributed by atoms with Crippen molar-refractivity contribution in [2.24, 2.45) is 0 Å². The molecule has 4 rings (SSSR count). The van der Waals surface area contributed by atoms with Crippen molar-refractivity contribution >= 4 is 45.2 Å². The SMILES string of the molecule is CC(=O)N1CCN(C(=O)CNC(=O)c2ccc(S(=O)(=O)Nc3ccccc3Sc3ccccc3)cc2)CC1. The molecule has 1 aliphatic rings. The molecule has 1 fully saturated rings. The zero-order valence-electron chi connectivity index (χ0n) is 20.8. The largest absolute Gasteiger partial charge is 0.343 e. The molecule has 0 aliphatic carbocycles. The second-order valence-corrected chi connectivity index (χ2v) is 11.4. The lowest BCUT2D eigenvalue weighted by molar-refractivity contribution is -0.137. The summed E-state index contributed by atoms with van der Waals surface area (Å²) in [6.45, 7) is 3.08. The quantitative estimate of drug-likeness (QED) is 0.444. The van der Waals surface area contributed by atoms with Gasteiger partial charge >= 0.3 is 0 Å². The van der Waals surface area contributed by atoms with Crippen LogP contribution in [0.5, 0.6) is 0 Å². The van der Waals surface area contributed by atoms with Crippen molar-refractivity contribution in [3.63, 3.8) is 0 Å². The van der Waals surface area contributed by atoms with E-state index < -0.39 is 15.9 Å². The predicted molar refractivity (Wildman–Crippen MR) is 145 cm³/mol. The minimum absolute atomic E-state index is 0.00739. The molecule has 11 heteroatoms. The lowest BCUT2D eigenvalue weighted by atomic mass is 10.2. The highest BCUT2D eigenvalue weighted by Gasteiger charge is 2.23. The Morgan fingerprint density at radius 1 is 0.816 bits per heavy atom. The Kier molecular flexibility index (Phi) is 8.70. The molecule has 9 nitrogen and oxygen atoms in total. The molecular weight excluding hydrogens is 524 g/mol. The van der Waals surface area contributed by atoms with Gasteiger partial charge in [0.05, 0.1) is 17.1 Å². The topological polar surface area (TPSA) is 116 Å². The summed E-state index contributed by atoms with van der Waals surface area (Å²) in [5.74, 6) is -0.749. The molecule has 1 saturated heterocycles. The van der Waals surface area contributed by atoms with E-state index in [1.807, 2.05) is 42.5 Å². The van der Waals surface area contributed by atoms with Gasteiger partial charge in [0.2, 0.25) is 11.8 Å². The fourth-order valence-electron chi connectivity index (χ4n) is 3.89. The maximum Gasteiger partial charge on any atom is 0.261 e. The zero-order valence-corrected chi connectivity index (χ0v) is 22.4. The van der Waals surface area contributed by atoms with Crippen molar-refractivity contribution in [2.75, 3.05) is 37.4 Å². The van der Waals surface area contributed by atoms with Gasteiger partial charge in [-0.3, -0.25) is 19.1 Å². The maximum absolute atomic E-state index is 13.0. The molecule has 198 valence electrons. The van der Waals surface area contributed by atoms with Gasteiger partial charge in [-0.25, -0.2) is 8.42 Å². The molecule has 1 heterocycles. The van der Waals surface area contributed by atoms with Crippen LogP contribution in [0.15, 0.2) is 93.5 Å². The third-order valence-corrected chi connectivity index (χ3v) is 8.47. The highest BCUT2D eigenvalue weighted by atomic mass is 32.2. The van der Waals surface area contributed by atoms with Crippen LogP contribution in [-0.4, -0.2) is 68.7 Å². The van der Waals surface area contributed by atoms with E-state index >= 15 is 0 Å². The maximum atomic E-state index is 13.0. The minimum atomic E-state index is -3.91. The van der Waals surface area contributed by atoms with Crippen molar-refractivity contribution < 1.29 is 22.8 Å². The normalized spacial score (nSPS) is 13.6. The van der Waals surface area contributed by atoms with Crippen LogP contribution in [0.1, 0.15) is 17.3 Å². The molecule has 3 amide bonds. The summed E-state index contributed by atoms with van der Waals surface area (Å²) in [5.41, 5.74) is 0.684. The Morgan fingerprint density at radius 2 is 1.42 bits per heavy atom. The Bertz CT molecular complexity index is 1400. The van der Waals surface area contributed by atoms with Crippen molar-refractivity contribution in [2.45, 2.75) is 21.6 Å². The van der Waals surface area contributed by atoms with E-state index in [4.69, 9.17) is 0 Å². The average molecular weight is 553 g/mol. The summed E-state index contributed by atoms with van der Waals surface area (Å²) in [6.07, 6.45) is 0. The van der Waals surface area contributed by atoms with Gasteiger partial charge < -0.3 is 15.1 Å². The van der Waals surface area contributed by atoms with Gasteiger partial charge in [-0.05, 0) is 48.5 Å². The van der Waals surface area contributed by atoms with Crippen molar-refractivity contribution in [3.05, 3.63) is 84.4 Å². The molecule has 0 unspecified atom stereocenters. The summed E-state index contributed by atoms with van der Waals surface area (Å²) < 4.78 is 28.7. The van der Waals surface area contributed by atoms with Crippen LogP contribution in [0.25, 0.3) is 0 Å². The van der Waals surface area contributed by atoms with E-state index in [1.165, 1.54) is 43.0 Å². The van der Waals surface area contributed by atoms with Gasteiger partial charge in [0.15, 0.2) is 0 Å². The van der Waals surface area contributed by atoms with Crippen LogP contribution in [0.2, 0.25) is 0 Å². The lowest BCUT2D eigenvalue weighted by Gasteiger charge is -2.34. The van der Waals surface area contributed by atoms with E-state index in [0.717, 1.165) is 9.79 Å². The van der Waals surface area contributed by atoms with Crippen molar-refractivity contribution in [3.8, 4) is 0 Å². The van der Waals surface area contributed by atoms with Gasteiger partial charge in [-0.15, -0.1) is 0 Å². The first kappa shape index (κ1) is 27.2. The number of amides is 3. The second kappa shape index (κ2) is 12.1. The monoisotopic (exact) mass is 552 g/mol. The first-order chi connectivity index (χ1) is 18.2. The van der Waals surface area contributed by atoms with Crippen molar-refractivity contribution in [1.82, 2.24) is 15.1 Å². The molecule has 1 aliphatic heterocycles. The second-order valence-electron chi connectivity index (χ2n) is 8.61. The van der Waals surface area contributed by atoms with E-state index in [2.05, 4.69) is 10.0 Å². The number of hydrogen-bond donors (Lipinski definition) is 2. The zero-order chi connectivity index (χ0) is 27.1. The van der Waals surface area contributed by atoms with Crippen molar-refractivity contribution in [1.29, 1.82) is 0 Å². The van der Waals surface area contributed by atoms with Gasteiger partial charge in [-0.2, -0.15) is 0 Å². The molecule has 0 atom stereocenters. The number of para-hydroxylation sites is 1. The molecule has 0 spiro atoms. The first-order valence-corrected chi connectivity index (χ1v) is 14.3. The predicted octanol–water partition coefficient (Wildman–Crippen LogP) is 3.06. The first-order valence-electron chi connectivity index (χ1n) is 12.0. The van der Waals surface area contributed by atoms with Crippen LogP contribution in [0, 0.1) is 0 Å². The highest BCUT2D eigenvalue weighted by Crippen LogP contribution is 2.34. The standard InChI is InChI=1S/C27H28N4O5S2/c1-20(32)30-15-17-31(18-16-30)26(33)19-28-27(34)21-11-13-23(14-12-21)38(35,36)29-24-9-5-6-10-25(24)37-22-7-3-2-4-8-22/h2-14,29H,15-19H2,1H3,(H,28,34). The van der Waals surface area contributed by atoms with E-state index in [1.54, 1.807) is 21.9 Å². The highest BCUT2D eigenvalue weighted by molar-refractivity contribution is 7.99. The molecule has 3 aromatic rings. The molecule has 0 radical (unpaired) electrons. The number of piperazine rings is 1. The summed E-state index contributed by atoms with van der Waals surface area (Å²) >= 11 is 1.45. The summed E-state index contributed by atoms with van der Waals surface area (Å²) in [5, 5.41) is 2.58. The Balaban J connectivity index is 1.35. The fourth-order valence-corrected chi connectivity index (χ4v) is 5.95. The van der Waals surface area contributed by atoms with Gasteiger partial charge in [0, 0.05) is 48.5 Å². The molecule has 0 aromatic heterocycles. The number of rotatable bonds is 8. The number of nitrogens with one attached hydrogen (secondary N) is 2. The van der Waals surface area contributed by atoms with Crippen LogP contribution < -0.4 is 10.0 Å². The molecule has 38 heavy (non-hydrogen) atoms. The number of nitrogens with zero attached hydrogens (tertiary/aromatic N) is 2. The summed E-state index contributed by atoms with van der Waals surface area (Å²) in [6, 6.07) is 22.3. The Hall–Kier alpha value is -3.83. The van der Waals surface area contributed by atoms with Crippen LogP contribution in [0.3, 0.4) is 0 Å². The van der Waals surface area contributed by atoms with E-state index in [-0.39, 0.29) is 28.8 Å². The molecule has 2 N–H and O–H groups in total. The van der Waals surface area contributed by atoms with Gasteiger partial charge in [0.25, 0.3) is 15.9 Å². The Labute approximate surface area is 226 Å². The Morgan fingerprint density at radius 3 is 2.08 bits per heavy atom. The number of hydrogen-bond acceptors (Lipinski definition) is 6. The summed E-state index contributed by atoms with van der Waals surface area (Å²) in [7, 11) is -3.91. The lowest BCUT2D eigenvalue weighted by Crippen LogP contribution is -2.52. The van der Waals surface area contributed by atoms with Crippen LogP contribution in [-0.2, 0) is 19.6 Å². The summed E-state index contributed by atoms with van der Waals surface area (Å²) in [4.78, 5) is 41.4. The van der Waals surface area contributed by atoms with Gasteiger partial charge in [-0.1, -0.05) is 42.1 Å². The number of carbonyl (C=O) groups is 3. The van der Waals surface area contributed by atoms with Gasteiger partial charge in [0.1, 0.15) is 0 Å². The number of sulfonamides is 1. The number of carbonyl (C=O) groups excluding carboxylic acids is 3. The number of benzene rings is 3. The van der Waals surface area contributed by atoms with Crippen LogP contribution >= 0.6 is 11.8 Å². The molecule has 0 bridgehead atoms. The fraction of sp³-hybridized carbons (Fsp3) is 0.222. The molecular formula is C27H28N4O5S2. The van der Waals surface area contributed by atoms with E-state index in [9.17, 15) is 22.8 Å². The minimum Gasteiger partial charge on any atom is -0.343 e. The number of anilines is 1. The average Bonchev–Trinajstić information content (AvgIpc) is 2.93. The third-order valence-electron chi connectivity index (χ3n) is 6.01. The van der Waals surface area contributed by atoms with Crippen LogP contribution in [0.4, 0.5) is 5.69 Å². The van der Waals surface area contributed by atoms with E-state index in [0.29, 0.717) is 31.9 Å². The third kappa shape index (κ3) is 6.93.